The lowest BCUT2D eigenvalue weighted by atomic mass is 10.0. The smallest absolute Gasteiger partial charge is 0.241 e. The van der Waals surface area contributed by atoms with E-state index in [4.69, 9.17) is 16.3 Å². The van der Waals surface area contributed by atoms with Crippen LogP contribution in [0.1, 0.15) is 13.8 Å². The highest BCUT2D eigenvalue weighted by atomic mass is 16.2. The van der Waals surface area contributed by atoms with Gasteiger partial charge in [-0.2, -0.15) is 10.5 Å². The minimum atomic E-state index is -0.642. The van der Waals surface area contributed by atoms with Crippen molar-refractivity contribution in [1.82, 2.24) is 4.90 Å². The summed E-state index contributed by atoms with van der Waals surface area (Å²) in [5, 5.41) is 16.9. The molecular formula is C9H14N4O. The van der Waals surface area contributed by atoms with Gasteiger partial charge < -0.3 is 10.6 Å². The molecule has 0 saturated heterocycles. The largest absolute Gasteiger partial charge is 0.320 e. The van der Waals surface area contributed by atoms with Gasteiger partial charge in [-0.15, -0.1) is 0 Å². The zero-order valence-corrected chi connectivity index (χ0v) is 8.40. The molecule has 0 aromatic heterocycles. The number of carbonyl (C=O) groups excluding carboxylic acids is 1. The number of nitrogens with two attached hydrogens (primary N) is 1. The highest BCUT2D eigenvalue weighted by molar-refractivity contribution is 5.82. The second-order valence-corrected chi connectivity index (χ2v) is 3.28. The molecule has 0 spiro atoms. The van der Waals surface area contributed by atoms with Crippen molar-refractivity contribution in [3.05, 3.63) is 0 Å². The Labute approximate surface area is 83.7 Å². The van der Waals surface area contributed by atoms with Crippen molar-refractivity contribution in [1.29, 1.82) is 10.5 Å². The summed E-state index contributed by atoms with van der Waals surface area (Å²) >= 11 is 0. The zero-order chi connectivity index (χ0) is 11.1. The van der Waals surface area contributed by atoms with Crippen LogP contribution in [0.2, 0.25) is 0 Å². The highest BCUT2D eigenvalue weighted by Crippen LogP contribution is 2.02. The Hall–Kier alpha value is -1.59. The Morgan fingerprint density at radius 1 is 1.36 bits per heavy atom. The van der Waals surface area contributed by atoms with Crippen LogP contribution in [0.15, 0.2) is 0 Å². The summed E-state index contributed by atoms with van der Waals surface area (Å²) in [6.45, 7) is 3.46. The molecule has 0 radical (unpaired) electrons. The van der Waals surface area contributed by atoms with Crippen molar-refractivity contribution in [2.45, 2.75) is 19.9 Å². The normalized spacial score (nSPS) is 11.6. The zero-order valence-electron chi connectivity index (χ0n) is 8.40. The van der Waals surface area contributed by atoms with E-state index in [0.29, 0.717) is 0 Å². The molecule has 1 unspecified atom stereocenters. The van der Waals surface area contributed by atoms with E-state index in [9.17, 15) is 4.79 Å². The van der Waals surface area contributed by atoms with Crippen LogP contribution in [0.5, 0.6) is 0 Å². The van der Waals surface area contributed by atoms with E-state index >= 15 is 0 Å². The summed E-state index contributed by atoms with van der Waals surface area (Å²) in [5.41, 5.74) is 5.61. The second kappa shape index (κ2) is 5.95. The van der Waals surface area contributed by atoms with Crippen LogP contribution in [0, 0.1) is 28.6 Å². The van der Waals surface area contributed by atoms with Crippen LogP contribution < -0.4 is 5.73 Å². The molecule has 2 N–H and O–H groups in total. The van der Waals surface area contributed by atoms with Crippen LogP contribution in [-0.2, 0) is 4.79 Å². The van der Waals surface area contributed by atoms with E-state index in [1.807, 2.05) is 26.0 Å². The molecule has 76 valence electrons. The maximum absolute atomic E-state index is 11.6. The number of amides is 1. The van der Waals surface area contributed by atoms with Gasteiger partial charge in [-0.05, 0) is 5.92 Å². The van der Waals surface area contributed by atoms with E-state index in [-0.39, 0.29) is 24.9 Å². The lowest BCUT2D eigenvalue weighted by Crippen LogP contribution is -2.46. The predicted octanol–water partition coefficient (Wildman–Crippen LogP) is -0.155. The van der Waals surface area contributed by atoms with Crippen LogP contribution in [0.4, 0.5) is 0 Å². The SMILES string of the molecule is CC(C)C(N)C(=O)N(CC#N)CC#N. The number of carbonyl (C=O) groups is 1. The van der Waals surface area contributed by atoms with Crippen molar-refractivity contribution in [3.8, 4) is 12.1 Å². The molecule has 14 heavy (non-hydrogen) atoms. The van der Waals surface area contributed by atoms with Crippen LogP contribution in [0.3, 0.4) is 0 Å². The van der Waals surface area contributed by atoms with E-state index < -0.39 is 6.04 Å². The van der Waals surface area contributed by atoms with Crippen molar-refractivity contribution in [2.24, 2.45) is 11.7 Å². The van der Waals surface area contributed by atoms with Gasteiger partial charge in [0.1, 0.15) is 13.1 Å². The number of hydrogen-bond donors (Lipinski definition) is 1. The van der Waals surface area contributed by atoms with Gasteiger partial charge in [-0.3, -0.25) is 4.79 Å². The molecule has 0 bridgehead atoms. The molecule has 5 heteroatoms. The van der Waals surface area contributed by atoms with Crippen LogP contribution in [-0.4, -0.2) is 29.9 Å². The molecule has 0 heterocycles. The molecular weight excluding hydrogens is 180 g/mol. The monoisotopic (exact) mass is 194 g/mol. The second-order valence-electron chi connectivity index (χ2n) is 3.28. The average Bonchev–Trinajstić information content (AvgIpc) is 2.15. The maximum Gasteiger partial charge on any atom is 0.241 e. The van der Waals surface area contributed by atoms with Gasteiger partial charge in [0.2, 0.25) is 5.91 Å². The summed E-state index contributed by atoms with van der Waals surface area (Å²) in [4.78, 5) is 12.7. The first-order chi connectivity index (χ1) is 6.54. The Bertz CT molecular complexity index is 258. The fourth-order valence-electron chi connectivity index (χ4n) is 0.878. The first-order valence-corrected chi connectivity index (χ1v) is 4.32. The Kier molecular flexibility index (Phi) is 5.28. The standard InChI is InChI=1S/C9H14N4O/c1-7(2)8(12)9(14)13(5-3-10)6-4-11/h7-8H,5-6,12H2,1-2H3. The van der Waals surface area contributed by atoms with Crippen molar-refractivity contribution < 1.29 is 4.79 Å². The van der Waals surface area contributed by atoms with Gasteiger partial charge in [0.25, 0.3) is 0 Å². The molecule has 0 saturated carbocycles. The van der Waals surface area contributed by atoms with Gasteiger partial charge in [0, 0.05) is 0 Å². The van der Waals surface area contributed by atoms with E-state index in [2.05, 4.69) is 0 Å². The minimum Gasteiger partial charge on any atom is -0.320 e. The maximum atomic E-state index is 11.6. The van der Waals surface area contributed by atoms with Crippen LogP contribution in [0.25, 0.3) is 0 Å². The third-order valence-corrected chi connectivity index (χ3v) is 1.84. The van der Waals surface area contributed by atoms with Gasteiger partial charge in [-0.1, -0.05) is 13.8 Å². The minimum absolute atomic E-state index is 0.00221. The van der Waals surface area contributed by atoms with Gasteiger partial charge >= 0.3 is 0 Å². The van der Waals surface area contributed by atoms with Gasteiger partial charge in [0.15, 0.2) is 0 Å². The molecule has 1 amide bonds. The predicted molar refractivity (Wildman–Crippen MR) is 50.6 cm³/mol. The number of nitrogens with zero attached hydrogens (tertiary/aromatic N) is 3. The van der Waals surface area contributed by atoms with Crippen molar-refractivity contribution in [2.75, 3.05) is 13.1 Å². The summed E-state index contributed by atoms with van der Waals surface area (Å²) in [6.07, 6.45) is 0. The Morgan fingerprint density at radius 2 is 1.79 bits per heavy atom. The molecule has 0 aromatic rings. The lowest BCUT2D eigenvalue weighted by molar-refractivity contribution is -0.132. The first-order valence-electron chi connectivity index (χ1n) is 4.32. The third-order valence-electron chi connectivity index (χ3n) is 1.84. The molecule has 0 aliphatic heterocycles. The fraction of sp³-hybridized carbons (Fsp3) is 0.667. The molecule has 5 nitrogen and oxygen atoms in total. The van der Waals surface area contributed by atoms with E-state index in [1.165, 1.54) is 0 Å². The Morgan fingerprint density at radius 3 is 2.07 bits per heavy atom. The lowest BCUT2D eigenvalue weighted by Gasteiger charge is -2.22. The number of rotatable bonds is 4. The Balaban J connectivity index is 4.45. The molecule has 0 fully saturated rings. The van der Waals surface area contributed by atoms with Gasteiger partial charge in [0.05, 0.1) is 18.2 Å². The number of hydrogen-bond acceptors (Lipinski definition) is 4. The van der Waals surface area contributed by atoms with Crippen molar-refractivity contribution in [3.63, 3.8) is 0 Å². The fourth-order valence-corrected chi connectivity index (χ4v) is 0.878. The summed E-state index contributed by atoms with van der Waals surface area (Å²) in [7, 11) is 0. The topological polar surface area (TPSA) is 93.9 Å². The summed E-state index contributed by atoms with van der Waals surface area (Å²) in [6, 6.07) is 3.01. The van der Waals surface area contributed by atoms with Gasteiger partial charge in [-0.25, -0.2) is 0 Å². The average molecular weight is 194 g/mol. The highest BCUT2D eigenvalue weighted by Gasteiger charge is 2.22. The quantitative estimate of drug-likeness (QED) is 0.629. The molecule has 0 aliphatic rings. The summed E-state index contributed by atoms with van der Waals surface area (Å²) < 4.78 is 0. The molecule has 1 atom stereocenters. The molecule has 0 aliphatic carbocycles. The molecule has 0 aromatic carbocycles. The third kappa shape index (κ3) is 3.42. The first kappa shape index (κ1) is 12.4. The van der Waals surface area contributed by atoms with Crippen molar-refractivity contribution >= 4 is 5.91 Å². The van der Waals surface area contributed by atoms with Crippen LogP contribution >= 0.6 is 0 Å². The summed E-state index contributed by atoms with van der Waals surface area (Å²) in [5.74, 6) is -0.342. The number of nitriles is 2. The van der Waals surface area contributed by atoms with E-state index in [0.717, 1.165) is 4.90 Å². The molecule has 0 rings (SSSR count). The van der Waals surface area contributed by atoms with E-state index in [1.54, 1.807) is 0 Å².